The van der Waals surface area contributed by atoms with E-state index in [-0.39, 0.29) is 36.7 Å². The summed E-state index contributed by atoms with van der Waals surface area (Å²) in [4.78, 5) is 31.6. The first kappa shape index (κ1) is 21.8. The lowest BCUT2D eigenvalue weighted by Gasteiger charge is -2.35. The van der Waals surface area contributed by atoms with Crippen LogP contribution in [0.4, 0.5) is 0 Å². The quantitative estimate of drug-likeness (QED) is 0.654. The van der Waals surface area contributed by atoms with E-state index in [2.05, 4.69) is 15.6 Å². The standard InChI is InChI=1S/C22H25N5O2.ClH/c1-26-12-11-24-21(26)19-15-23-10-13-27(19)20(28)8-9-25-22(29)18-7-6-16-4-2-3-5-17(16)14-18;/h2-7,11-12,14,19,23H,8-10,13,15H2,1H3,(H,25,29);1H. The number of nitrogens with zero attached hydrogens (tertiary/aromatic N) is 3. The zero-order valence-corrected chi connectivity index (χ0v) is 17.7. The second-order valence-corrected chi connectivity index (χ2v) is 7.27. The van der Waals surface area contributed by atoms with Gasteiger partial charge in [-0.25, -0.2) is 4.98 Å². The van der Waals surface area contributed by atoms with Gasteiger partial charge in [0.25, 0.3) is 5.91 Å². The fraction of sp³-hybridized carbons (Fsp3) is 0.318. The lowest BCUT2D eigenvalue weighted by atomic mass is 10.1. The van der Waals surface area contributed by atoms with Crippen molar-refractivity contribution in [2.24, 2.45) is 7.05 Å². The van der Waals surface area contributed by atoms with Crippen LogP contribution in [-0.2, 0) is 11.8 Å². The fourth-order valence-corrected chi connectivity index (χ4v) is 3.79. The number of halogens is 1. The monoisotopic (exact) mass is 427 g/mol. The summed E-state index contributed by atoms with van der Waals surface area (Å²) in [5.74, 6) is 0.730. The van der Waals surface area contributed by atoms with Crippen LogP contribution in [0, 0.1) is 0 Å². The fourth-order valence-electron chi connectivity index (χ4n) is 3.79. The van der Waals surface area contributed by atoms with Crippen molar-refractivity contribution in [3.63, 3.8) is 0 Å². The number of aryl methyl sites for hydroxylation is 1. The minimum Gasteiger partial charge on any atom is -0.352 e. The maximum absolute atomic E-state index is 12.8. The number of carbonyl (C=O) groups is 2. The SMILES string of the molecule is Cl.Cn1ccnc1C1CNCCN1C(=O)CCNC(=O)c1ccc2ccccc2c1. The molecule has 7 nitrogen and oxygen atoms in total. The van der Waals surface area contributed by atoms with E-state index in [0.717, 1.165) is 23.1 Å². The van der Waals surface area contributed by atoms with Gasteiger partial charge in [-0.15, -0.1) is 12.4 Å². The Balaban J connectivity index is 0.00000256. The van der Waals surface area contributed by atoms with Gasteiger partial charge < -0.3 is 20.1 Å². The Kier molecular flexibility index (Phi) is 7.07. The van der Waals surface area contributed by atoms with Gasteiger partial charge in [0.15, 0.2) is 0 Å². The Labute approximate surface area is 181 Å². The number of aromatic nitrogens is 2. The second kappa shape index (κ2) is 9.73. The van der Waals surface area contributed by atoms with Crippen LogP contribution in [-0.4, -0.2) is 52.4 Å². The smallest absolute Gasteiger partial charge is 0.251 e. The van der Waals surface area contributed by atoms with Gasteiger partial charge in [0.2, 0.25) is 5.91 Å². The maximum Gasteiger partial charge on any atom is 0.251 e. The maximum atomic E-state index is 12.8. The molecule has 0 saturated carbocycles. The van der Waals surface area contributed by atoms with E-state index >= 15 is 0 Å². The molecule has 1 atom stereocenters. The summed E-state index contributed by atoms with van der Waals surface area (Å²) in [7, 11) is 1.93. The van der Waals surface area contributed by atoms with Gasteiger partial charge in [0.05, 0.1) is 0 Å². The number of carbonyl (C=O) groups excluding carboxylic acids is 2. The van der Waals surface area contributed by atoms with Crippen LogP contribution in [0.2, 0.25) is 0 Å². The molecule has 30 heavy (non-hydrogen) atoms. The number of nitrogens with one attached hydrogen (secondary N) is 2. The summed E-state index contributed by atoms with van der Waals surface area (Å²) in [6.07, 6.45) is 3.90. The largest absolute Gasteiger partial charge is 0.352 e. The van der Waals surface area contributed by atoms with Crippen molar-refractivity contribution in [2.45, 2.75) is 12.5 Å². The van der Waals surface area contributed by atoms with E-state index in [1.54, 1.807) is 6.20 Å². The second-order valence-electron chi connectivity index (χ2n) is 7.27. The third-order valence-corrected chi connectivity index (χ3v) is 5.36. The lowest BCUT2D eigenvalue weighted by Crippen LogP contribution is -2.50. The first-order valence-electron chi connectivity index (χ1n) is 9.88. The van der Waals surface area contributed by atoms with Crippen molar-refractivity contribution in [1.29, 1.82) is 0 Å². The summed E-state index contributed by atoms with van der Waals surface area (Å²) >= 11 is 0. The molecule has 1 aliphatic heterocycles. The molecule has 1 aliphatic rings. The van der Waals surface area contributed by atoms with Crippen LogP contribution < -0.4 is 10.6 Å². The number of amides is 2. The van der Waals surface area contributed by atoms with Crippen LogP contribution in [0.25, 0.3) is 10.8 Å². The summed E-state index contributed by atoms with van der Waals surface area (Å²) < 4.78 is 1.94. The minimum absolute atomic E-state index is 0. The Bertz CT molecular complexity index is 1040. The number of benzene rings is 2. The number of hydrogen-bond donors (Lipinski definition) is 2. The van der Waals surface area contributed by atoms with Crippen molar-refractivity contribution in [2.75, 3.05) is 26.2 Å². The lowest BCUT2D eigenvalue weighted by molar-refractivity contribution is -0.134. The highest BCUT2D eigenvalue weighted by Gasteiger charge is 2.30. The van der Waals surface area contributed by atoms with E-state index in [4.69, 9.17) is 0 Å². The molecule has 2 heterocycles. The van der Waals surface area contributed by atoms with Crippen molar-refractivity contribution < 1.29 is 9.59 Å². The van der Waals surface area contributed by atoms with Gasteiger partial charge in [-0.1, -0.05) is 30.3 Å². The average Bonchev–Trinajstić information content (AvgIpc) is 3.19. The Morgan fingerprint density at radius 3 is 2.77 bits per heavy atom. The Morgan fingerprint density at radius 1 is 1.20 bits per heavy atom. The van der Waals surface area contributed by atoms with Crippen molar-refractivity contribution >= 4 is 35.0 Å². The van der Waals surface area contributed by atoms with Crippen LogP contribution in [0.1, 0.15) is 28.6 Å². The number of hydrogen-bond acceptors (Lipinski definition) is 4. The predicted molar refractivity (Wildman–Crippen MR) is 119 cm³/mol. The number of imidazole rings is 1. The van der Waals surface area contributed by atoms with Gasteiger partial charge in [-0.05, 0) is 22.9 Å². The van der Waals surface area contributed by atoms with Crippen molar-refractivity contribution in [3.05, 3.63) is 66.2 Å². The molecule has 2 N–H and O–H groups in total. The van der Waals surface area contributed by atoms with E-state index in [9.17, 15) is 9.59 Å². The van der Waals surface area contributed by atoms with E-state index in [0.29, 0.717) is 25.2 Å². The highest BCUT2D eigenvalue weighted by molar-refractivity contribution is 5.98. The van der Waals surface area contributed by atoms with Gasteiger partial charge >= 0.3 is 0 Å². The summed E-state index contributed by atoms with van der Waals surface area (Å²) in [6.45, 7) is 2.38. The number of fused-ring (bicyclic) bond motifs is 1. The molecular formula is C22H26ClN5O2. The highest BCUT2D eigenvalue weighted by atomic mass is 35.5. The molecule has 0 bridgehead atoms. The van der Waals surface area contributed by atoms with Crippen molar-refractivity contribution in [1.82, 2.24) is 25.1 Å². The molecule has 8 heteroatoms. The molecule has 1 unspecified atom stereocenters. The summed E-state index contributed by atoms with van der Waals surface area (Å²) in [5.41, 5.74) is 0.601. The molecule has 2 aromatic carbocycles. The zero-order chi connectivity index (χ0) is 20.2. The van der Waals surface area contributed by atoms with Crippen LogP contribution in [0.15, 0.2) is 54.9 Å². The van der Waals surface area contributed by atoms with Gasteiger partial charge in [-0.3, -0.25) is 9.59 Å². The van der Waals surface area contributed by atoms with Crippen molar-refractivity contribution in [3.8, 4) is 0 Å². The average molecular weight is 428 g/mol. The molecular weight excluding hydrogens is 402 g/mol. The topological polar surface area (TPSA) is 79.3 Å². The molecule has 1 fully saturated rings. The van der Waals surface area contributed by atoms with E-state index < -0.39 is 0 Å². The van der Waals surface area contributed by atoms with E-state index in [1.807, 2.05) is 65.2 Å². The highest BCUT2D eigenvalue weighted by Crippen LogP contribution is 2.21. The van der Waals surface area contributed by atoms with Gasteiger partial charge in [-0.2, -0.15) is 0 Å². The minimum atomic E-state index is -0.162. The third kappa shape index (κ3) is 4.63. The first-order chi connectivity index (χ1) is 14.1. The predicted octanol–water partition coefficient (Wildman–Crippen LogP) is 2.29. The molecule has 158 valence electrons. The van der Waals surface area contributed by atoms with Crippen LogP contribution in [0.5, 0.6) is 0 Å². The molecule has 1 aromatic heterocycles. The van der Waals surface area contributed by atoms with E-state index in [1.165, 1.54) is 0 Å². The molecule has 4 rings (SSSR count). The molecule has 2 amide bonds. The molecule has 0 aliphatic carbocycles. The summed E-state index contributed by atoms with van der Waals surface area (Å²) in [5, 5.41) is 8.32. The molecule has 0 radical (unpaired) electrons. The van der Waals surface area contributed by atoms with Gasteiger partial charge in [0, 0.05) is 57.6 Å². The normalized spacial score (nSPS) is 16.2. The number of piperazine rings is 1. The molecule has 1 saturated heterocycles. The third-order valence-electron chi connectivity index (χ3n) is 5.36. The van der Waals surface area contributed by atoms with Gasteiger partial charge in [0.1, 0.15) is 11.9 Å². The Morgan fingerprint density at radius 2 is 2.00 bits per heavy atom. The Hall–Kier alpha value is -2.90. The van der Waals surface area contributed by atoms with Crippen LogP contribution >= 0.6 is 12.4 Å². The first-order valence-corrected chi connectivity index (χ1v) is 9.88. The van der Waals surface area contributed by atoms with Crippen LogP contribution in [0.3, 0.4) is 0 Å². The number of rotatable bonds is 5. The summed E-state index contributed by atoms with van der Waals surface area (Å²) in [6, 6.07) is 13.5. The molecule has 3 aromatic rings. The zero-order valence-electron chi connectivity index (χ0n) is 16.9. The molecule has 0 spiro atoms.